The van der Waals surface area contributed by atoms with Gasteiger partial charge in [0.2, 0.25) is 0 Å². The Bertz CT molecular complexity index is 1130. The second kappa shape index (κ2) is 9.43. The Morgan fingerprint density at radius 3 is 2.47 bits per heavy atom. The maximum Gasteiger partial charge on any atom is 0.278 e. The highest BCUT2D eigenvalue weighted by Gasteiger charge is 2.39. The van der Waals surface area contributed by atoms with Crippen molar-refractivity contribution in [2.75, 3.05) is 19.0 Å². The molecule has 4 rings (SSSR count). The number of imide groups is 1. The molecule has 1 aliphatic rings. The zero-order chi connectivity index (χ0) is 22.5. The SMILES string of the molecule is CCCOc1cccc(NC2=C(c3ccc(OC)cc3)C(=O)N(Cc3ccco3)C2=O)c1. The Morgan fingerprint density at radius 1 is 0.969 bits per heavy atom. The molecule has 0 unspecified atom stereocenters. The average Bonchev–Trinajstić information content (AvgIpc) is 3.41. The van der Waals surface area contributed by atoms with Gasteiger partial charge < -0.3 is 19.2 Å². The molecule has 1 aliphatic heterocycles. The summed E-state index contributed by atoms with van der Waals surface area (Å²) in [5, 5.41) is 3.15. The van der Waals surface area contributed by atoms with E-state index in [1.807, 2.05) is 25.1 Å². The standard InChI is InChI=1S/C25H24N2O5/c1-3-13-31-20-7-4-6-18(15-20)26-23-22(17-9-11-19(30-2)12-10-17)24(28)27(25(23)29)16-21-8-5-14-32-21/h4-12,14-15,26H,3,13,16H2,1-2H3. The summed E-state index contributed by atoms with van der Waals surface area (Å²) in [5.74, 6) is 1.06. The van der Waals surface area contributed by atoms with E-state index in [-0.39, 0.29) is 12.2 Å². The van der Waals surface area contributed by atoms with Crippen LogP contribution in [0.1, 0.15) is 24.7 Å². The van der Waals surface area contributed by atoms with Crippen LogP contribution in [0.4, 0.5) is 5.69 Å². The van der Waals surface area contributed by atoms with Crippen LogP contribution in [0, 0.1) is 0 Å². The van der Waals surface area contributed by atoms with E-state index in [2.05, 4.69) is 5.32 Å². The number of methoxy groups -OCH3 is 1. The van der Waals surface area contributed by atoms with Crippen LogP contribution < -0.4 is 14.8 Å². The van der Waals surface area contributed by atoms with Gasteiger partial charge in [0.15, 0.2) is 0 Å². The lowest BCUT2D eigenvalue weighted by molar-refractivity contribution is -0.137. The Hall–Kier alpha value is -4.00. The summed E-state index contributed by atoms with van der Waals surface area (Å²) in [6, 6.07) is 17.8. The zero-order valence-corrected chi connectivity index (χ0v) is 18.0. The molecule has 0 spiro atoms. The minimum Gasteiger partial charge on any atom is -0.497 e. The smallest absolute Gasteiger partial charge is 0.278 e. The van der Waals surface area contributed by atoms with Crippen molar-refractivity contribution in [1.29, 1.82) is 0 Å². The van der Waals surface area contributed by atoms with Crippen LogP contribution in [-0.2, 0) is 16.1 Å². The van der Waals surface area contributed by atoms with E-state index in [1.165, 1.54) is 11.2 Å². The van der Waals surface area contributed by atoms with E-state index in [0.29, 0.717) is 40.7 Å². The molecule has 0 saturated carbocycles. The van der Waals surface area contributed by atoms with Crippen molar-refractivity contribution in [3.05, 3.63) is 83.9 Å². The highest BCUT2D eigenvalue weighted by Crippen LogP contribution is 2.33. The van der Waals surface area contributed by atoms with Gasteiger partial charge in [0.1, 0.15) is 23.0 Å². The molecule has 0 saturated heterocycles. The highest BCUT2D eigenvalue weighted by molar-refractivity contribution is 6.36. The molecule has 0 atom stereocenters. The largest absolute Gasteiger partial charge is 0.497 e. The quantitative estimate of drug-likeness (QED) is 0.503. The fraction of sp³-hybridized carbons (Fsp3) is 0.200. The monoisotopic (exact) mass is 432 g/mol. The summed E-state index contributed by atoms with van der Waals surface area (Å²) < 4.78 is 16.3. The molecule has 1 N–H and O–H groups in total. The normalized spacial score (nSPS) is 13.6. The first-order chi connectivity index (χ1) is 15.6. The Balaban J connectivity index is 1.70. The van der Waals surface area contributed by atoms with Gasteiger partial charge >= 0.3 is 0 Å². The van der Waals surface area contributed by atoms with Gasteiger partial charge in [-0.25, -0.2) is 0 Å². The summed E-state index contributed by atoms with van der Waals surface area (Å²) in [6.45, 7) is 2.68. The molecule has 1 aromatic heterocycles. The number of furan rings is 1. The maximum atomic E-state index is 13.3. The first kappa shape index (κ1) is 21.2. The first-order valence-corrected chi connectivity index (χ1v) is 10.4. The van der Waals surface area contributed by atoms with E-state index in [9.17, 15) is 9.59 Å². The lowest BCUT2D eigenvalue weighted by Crippen LogP contribution is -2.31. The molecule has 2 aromatic carbocycles. The molecule has 3 aromatic rings. The van der Waals surface area contributed by atoms with Crippen molar-refractivity contribution < 1.29 is 23.5 Å². The molecular weight excluding hydrogens is 408 g/mol. The lowest BCUT2D eigenvalue weighted by Gasteiger charge is -2.14. The fourth-order valence-corrected chi connectivity index (χ4v) is 3.45. The first-order valence-electron chi connectivity index (χ1n) is 10.4. The van der Waals surface area contributed by atoms with E-state index in [1.54, 1.807) is 49.6 Å². The molecule has 2 heterocycles. The number of carbonyl (C=O) groups is 2. The van der Waals surface area contributed by atoms with Crippen LogP contribution >= 0.6 is 0 Å². The number of hydrogen-bond acceptors (Lipinski definition) is 6. The van der Waals surface area contributed by atoms with Crippen LogP contribution in [0.15, 0.2) is 77.0 Å². The predicted molar refractivity (Wildman–Crippen MR) is 120 cm³/mol. The van der Waals surface area contributed by atoms with Crippen molar-refractivity contribution in [2.45, 2.75) is 19.9 Å². The number of carbonyl (C=O) groups excluding carboxylic acids is 2. The number of amides is 2. The van der Waals surface area contributed by atoms with E-state index >= 15 is 0 Å². The predicted octanol–water partition coefficient (Wildman–Crippen LogP) is 4.47. The van der Waals surface area contributed by atoms with Crippen LogP contribution in [0.2, 0.25) is 0 Å². The molecular formula is C25H24N2O5. The molecule has 0 bridgehead atoms. The van der Waals surface area contributed by atoms with Crippen molar-refractivity contribution in [3.8, 4) is 11.5 Å². The summed E-state index contributed by atoms with van der Waals surface area (Å²) in [5.41, 5.74) is 1.77. The van der Waals surface area contributed by atoms with E-state index in [4.69, 9.17) is 13.9 Å². The van der Waals surface area contributed by atoms with Gasteiger partial charge in [-0.3, -0.25) is 14.5 Å². The molecule has 2 amide bonds. The molecule has 0 aliphatic carbocycles. The number of anilines is 1. The topological polar surface area (TPSA) is 81.0 Å². The van der Waals surface area contributed by atoms with Gasteiger partial charge in [-0.2, -0.15) is 0 Å². The number of rotatable bonds is 9. The van der Waals surface area contributed by atoms with Crippen LogP contribution in [0.3, 0.4) is 0 Å². The van der Waals surface area contributed by atoms with Crippen molar-refractivity contribution in [2.24, 2.45) is 0 Å². The van der Waals surface area contributed by atoms with Crippen molar-refractivity contribution in [1.82, 2.24) is 4.90 Å². The maximum absolute atomic E-state index is 13.3. The zero-order valence-electron chi connectivity index (χ0n) is 18.0. The Kier molecular flexibility index (Phi) is 6.26. The number of nitrogens with zero attached hydrogens (tertiary/aromatic N) is 1. The molecule has 32 heavy (non-hydrogen) atoms. The fourth-order valence-electron chi connectivity index (χ4n) is 3.45. The third kappa shape index (κ3) is 4.37. The highest BCUT2D eigenvalue weighted by atomic mass is 16.5. The minimum atomic E-state index is -0.419. The summed E-state index contributed by atoms with van der Waals surface area (Å²) in [4.78, 5) is 27.8. The van der Waals surface area contributed by atoms with Gasteiger partial charge in [-0.15, -0.1) is 0 Å². The average molecular weight is 432 g/mol. The minimum absolute atomic E-state index is 0.0507. The van der Waals surface area contributed by atoms with Crippen molar-refractivity contribution >= 4 is 23.1 Å². The van der Waals surface area contributed by atoms with Gasteiger partial charge in [0, 0.05) is 11.8 Å². The lowest BCUT2D eigenvalue weighted by atomic mass is 10.0. The number of benzene rings is 2. The Morgan fingerprint density at radius 2 is 1.78 bits per heavy atom. The van der Waals surface area contributed by atoms with Gasteiger partial charge in [0.05, 0.1) is 32.1 Å². The second-order valence-corrected chi connectivity index (χ2v) is 7.26. The molecule has 0 radical (unpaired) electrons. The van der Waals surface area contributed by atoms with Crippen LogP contribution in [0.25, 0.3) is 5.57 Å². The molecule has 7 nitrogen and oxygen atoms in total. The van der Waals surface area contributed by atoms with Gasteiger partial charge in [-0.1, -0.05) is 25.1 Å². The molecule has 7 heteroatoms. The summed E-state index contributed by atoms with van der Waals surface area (Å²) in [6.07, 6.45) is 2.40. The van der Waals surface area contributed by atoms with Gasteiger partial charge in [-0.05, 0) is 48.4 Å². The summed E-state index contributed by atoms with van der Waals surface area (Å²) in [7, 11) is 1.57. The third-order valence-corrected chi connectivity index (χ3v) is 5.02. The Labute approximate surface area is 186 Å². The van der Waals surface area contributed by atoms with Crippen LogP contribution in [-0.4, -0.2) is 30.4 Å². The number of ether oxygens (including phenoxy) is 2. The second-order valence-electron chi connectivity index (χ2n) is 7.26. The number of nitrogens with one attached hydrogen (secondary N) is 1. The van der Waals surface area contributed by atoms with E-state index in [0.717, 1.165) is 6.42 Å². The van der Waals surface area contributed by atoms with Gasteiger partial charge in [0.25, 0.3) is 11.8 Å². The third-order valence-electron chi connectivity index (χ3n) is 5.02. The summed E-state index contributed by atoms with van der Waals surface area (Å²) >= 11 is 0. The van der Waals surface area contributed by atoms with Crippen molar-refractivity contribution in [3.63, 3.8) is 0 Å². The van der Waals surface area contributed by atoms with E-state index < -0.39 is 11.8 Å². The molecule has 0 fully saturated rings. The van der Waals surface area contributed by atoms with Crippen LogP contribution in [0.5, 0.6) is 11.5 Å². The number of hydrogen-bond donors (Lipinski definition) is 1. The molecule has 164 valence electrons.